The van der Waals surface area contributed by atoms with Crippen molar-refractivity contribution in [3.05, 3.63) is 103 Å². The molecule has 6 rings (SSSR count). The van der Waals surface area contributed by atoms with Crippen molar-refractivity contribution in [2.45, 2.75) is 0 Å². The summed E-state index contributed by atoms with van der Waals surface area (Å²) in [4.78, 5) is 0. The van der Waals surface area contributed by atoms with E-state index in [4.69, 9.17) is 0 Å². The molecule has 0 radical (unpaired) electrons. The third kappa shape index (κ3) is 2.25. The number of imidazole rings is 1. The largest absolute Gasteiger partial charge is 1.00 e. The third-order valence-corrected chi connectivity index (χ3v) is 5.42. The first-order chi connectivity index (χ1) is 13.4. The molecule has 0 saturated heterocycles. The first-order valence-corrected chi connectivity index (χ1v) is 9.22. The Balaban J connectivity index is 0.00000171. The summed E-state index contributed by atoms with van der Waals surface area (Å²) in [6.07, 6.45) is 2.21. The molecule has 0 saturated carbocycles. The van der Waals surface area contributed by atoms with E-state index in [0.29, 0.717) is 0 Å². The normalized spacial score (nSPS) is 11.3. The fourth-order valence-corrected chi connectivity index (χ4v) is 4.28. The van der Waals surface area contributed by atoms with E-state index < -0.39 is 0 Å². The number of aromatic nitrogens is 2. The van der Waals surface area contributed by atoms with Gasteiger partial charge >= 0.3 is 0 Å². The van der Waals surface area contributed by atoms with Crippen LogP contribution in [0, 0.1) is 0 Å². The molecule has 0 bridgehead atoms. The number of benzene rings is 4. The van der Waals surface area contributed by atoms with Crippen molar-refractivity contribution >= 4 is 10.8 Å². The van der Waals surface area contributed by atoms with Crippen molar-refractivity contribution in [3.63, 3.8) is 0 Å². The molecule has 1 aliphatic carbocycles. The number of halogens is 1. The zero-order valence-electron chi connectivity index (χ0n) is 15.1. The first-order valence-electron chi connectivity index (χ1n) is 9.22. The summed E-state index contributed by atoms with van der Waals surface area (Å²) in [5.41, 5.74) is 7.48. The molecule has 4 aromatic carbocycles. The molecule has 1 heterocycles. The van der Waals surface area contributed by atoms with Crippen LogP contribution in [0.2, 0.25) is 0 Å². The Morgan fingerprint density at radius 1 is 0.607 bits per heavy atom. The van der Waals surface area contributed by atoms with Crippen LogP contribution in [0.3, 0.4) is 0 Å². The zero-order valence-corrected chi connectivity index (χ0v) is 15.8. The van der Waals surface area contributed by atoms with Gasteiger partial charge in [0, 0.05) is 16.5 Å². The molecule has 3 heteroatoms. The van der Waals surface area contributed by atoms with Crippen LogP contribution < -0.4 is 17.0 Å². The average Bonchev–Trinajstić information content (AvgIpc) is 3.28. The standard InChI is InChI=1S/C25H17N2.ClH/c1-3-11-19(12-4-1)26-17-27(20-13-5-2-6-14-20)25-22-16-8-10-18-9-7-15-21(23(18)22)24(25)26;/h1-17H;1H/q+1;/p-1. The number of nitrogens with zero attached hydrogens (tertiary/aromatic N) is 2. The molecule has 5 aromatic rings. The predicted molar refractivity (Wildman–Crippen MR) is 109 cm³/mol. The Morgan fingerprint density at radius 3 is 1.96 bits per heavy atom. The quantitative estimate of drug-likeness (QED) is 0.408. The molecule has 2 nitrogen and oxygen atoms in total. The van der Waals surface area contributed by atoms with E-state index in [1.807, 2.05) is 0 Å². The summed E-state index contributed by atoms with van der Waals surface area (Å²) in [5.74, 6) is 0. The van der Waals surface area contributed by atoms with E-state index in [9.17, 15) is 0 Å². The van der Waals surface area contributed by atoms with E-state index in [1.54, 1.807) is 0 Å². The molecular weight excluding hydrogens is 364 g/mol. The van der Waals surface area contributed by atoms with Gasteiger partial charge in [-0.3, -0.25) is 0 Å². The average molecular weight is 381 g/mol. The predicted octanol–water partition coefficient (Wildman–Crippen LogP) is 2.56. The second kappa shape index (κ2) is 6.36. The van der Waals surface area contributed by atoms with Gasteiger partial charge < -0.3 is 12.4 Å². The third-order valence-electron chi connectivity index (χ3n) is 5.42. The minimum atomic E-state index is 0. The minimum absolute atomic E-state index is 0. The molecule has 0 aliphatic heterocycles. The van der Waals surface area contributed by atoms with Gasteiger partial charge in [0.1, 0.15) is 11.4 Å². The van der Waals surface area contributed by atoms with Gasteiger partial charge in [0.15, 0.2) is 11.4 Å². The van der Waals surface area contributed by atoms with E-state index in [-0.39, 0.29) is 12.4 Å². The van der Waals surface area contributed by atoms with Gasteiger partial charge in [0.25, 0.3) is 6.33 Å². The van der Waals surface area contributed by atoms with Crippen molar-refractivity contribution in [1.82, 2.24) is 4.57 Å². The van der Waals surface area contributed by atoms with Gasteiger partial charge in [-0.25, -0.2) is 0 Å². The highest BCUT2D eigenvalue weighted by atomic mass is 35.5. The monoisotopic (exact) mass is 380 g/mol. The maximum atomic E-state index is 2.32. The first kappa shape index (κ1) is 16.8. The molecule has 0 fully saturated rings. The lowest BCUT2D eigenvalue weighted by atomic mass is 10.0. The topological polar surface area (TPSA) is 8.81 Å². The van der Waals surface area contributed by atoms with Crippen LogP contribution in [0.4, 0.5) is 0 Å². The molecule has 1 aromatic heterocycles. The number of fused-ring (bicyclic) bond motifs is 3. The SMILES string of the molecule is [Cl-].c1ccc(-n2c[n+](-c3ccccc3)c3c2-c2cccc4cccc-3c24)cc1. The molecule has 0 atom stereocenters. The number of hydrogen-bond donors (Lipinski definition) is 0. The maximum Gasteiger partial charge on any atom is 0.255 e. The minimum Gasteiger partial charge on any atom is -1.00 e. The fourth-order valence-electron chi connectivity index (χ4n) is 4.28. The Labute approximate surface area is 169 Å². The Bertz CT molecular complexity index is 1210. The van der Waals surface area contributed by atoms with Crippen molar-refractivity contribution < 1.29 is 17.0 Å². The Kier molecular flexibility index (Phi) is 3.81. The van der Waals surface area contributed by atoms with Crippen molar-refractivity contribution in [3.8, 4) is 33.9 Å². The van der Waals surface area contributed by atoms with Crippen LogP contribution in [-0.2, 0) is 0 Å². The Hall–Kier alpha value is -3.36. The highest BCUT2D eigenvalue weighted by Gasteiger charge is 2.35. The molecule has 134 valence electrons. The van der Waals surface area contributed by atoms with Crippen molar-refractivity contribution in [2.75, 3.05) is 0 Å². The summed E-state index contributed by atoms with van der Waals surface area (Å²) in [6, 6.07) is 34.4. The molecular formula is C25H17ClN2. The molecule has 28 heavy (non-hydrogen) atoms. The number of rotatable bonds is 2. The smallest absolute Gasteiger partial charge is 0.255 e. The fraction of sp³-hybridized carbons (Fsp3) is 0. The van der Waals surface area contributed by atoms with Crippen LogP contribution in [-0.4, -0.2) is 4.57 Å². The second-order valence-electron chi connectivity index (χ2n) is 6.93. The van der Waals surface area contributed by atoms with Gasteiger partial charge in [-0.2, -0.15) is 9.13 Å². The molecule has 0 N–H and O–H groups in total. The van der Waals surface area contributed by atoms with E-state index >= 15 is 0 Å². The van der Waals surface area contributed by atoms with Gasteiger partial charge in [-0.15, -0.1) is 0 Å². The molecule has 0 unspecified atom stereocenters. The number of para-hydroxylation sites is 2. The van der Waals surface area contributed by atoms with Crippen molar-refractivity contribution in [2.24, 2.45) is 0 Å². The highest BCUT2D eigenvalue weighted by Crippen LogP contribution is 2.46. The van der Waals surface area contributed by atoms with Gasteiger partial charge in [-0.05, 0) is 41.8 Å². The van der Waals surface area contributed by atoms with Crippen molar-refractivity contribution in [1.29, 1.82) is 0 Å². The van der Waals surface area contributed by atoms with Crippen LogP contribution in [0.25, 0.3) is 44.7 Å². The summed E-state index contributed by atoms with van der Waals surface area (Å²) < 4.78 is 4.63. The molecule has 0 amide bonds. The lowest BCUT2D eigenvalue weighted by Crippen LogP contribution is -3.00. The summed E-state index contributed by atoms with van der Waals surface area (Å²) in [7, 11) is 0. The maximum absolute atomic E-state index is 2.32. The summed E-state index contributed by atoms with van der Waals surface area (Å²) in [6.45, 7) is 0. The zero-order chi connectivity index (χ0) is 17.8. The van der Waals surface area contributed by atoms with E-state index in [2.05, 4.69) is 113 Å². The van der Waals surface area contributed by atoms with E-state index in [0.717, 1.165) is 0 Å². The number of hydrogen-bond acceptors (Lipinski definition) is 0. The summed E-state index contributed by atoms with van der Waals surface area (Å²) in [5, 5.41) is 2.64. The van der Waals surface area contributed by atoms with Gasteiger partial charge in [0.2, 0.25) is 0 Å². The lowest BCUT2D eigenvalue weighted by molar-refractivity contribution is -0.583. The van der Waals surface area contributed by atoms with Crippen LogP contribution >= 0.6 is 0 Å². The van der Waals surface area contributed by atoms with Crippen LogP contribution in [0.15, 0.2) is 103 Å². The molecule has 1 aliphatic rings. The van der Waals surface area contributed by atoms with Gasteiger partial charge in [-0.1, -0.05) is 60.7 Å². The highest BCUT2D eigenvalue weighted by molar-refractivity contribution is 6.13. The molecule has 0 spiro atoms. The Morgan fingerprint density at radius 2 is 1.25 bits per heavy atom. The van der Waals surface area contributed by atoms with Crippen LogP contribution in [0.5, 0.6) is 0 Å². The second-order valence-corrected chi connectivity index (χ2v) is 6.93. The summed E-state index contributed by atoms with van der Waals surface area (Å²) >= 11 is 0. The van der Waals surface area contributed by atoms with E-state index in [1.165, 1.54) is 44.7 Å². The lowest BCUT2D eigenvalue weighted by Gasteiger charge is -2.04. The van der Waals surface area contributed by atoms with Gasteiger partial charge in [0.05, 0.1) is 0 Å². The van der Waals surface area contributed by atoms with Crippen LogP contribution in [0.1, 0.15) is 0 Å².